The van der Waals surface area contributed by atoms with Crippen LogP contribution >= 0.6 is 11.8 Å². The third kappa shape index (κ3) is 7.90. The van der Waals surface area contributed by atoms with Crippen molar-refractivity contribution in [1.82, 2.24) is 25.5 Å². The Kier molecular flexibility index (Phi) is 9.98. The number of rotatable bonds is 11. The lowest BCUT2D eigenvalue weighted by atomic mass is 10.0. The van der Waals surface area contributed by atoms with E-state index >= 15 is 0 Å². The molecule has 1 atom stereocenters. The van der Waals surface area contributed by atoms with E-state index in [1.165, 1.54) is 11.8 Å². The Balaban J connectivity index is 0.919. The highest BCUT2D eigenvalue weighted by Crippen LogP contribution is 2.27. The molecule has 3 fully saturated rings. The number of aliphatic hydroxyl groups is 1. The molecule has 1 aromatic heterocycles. The van der Waals surface area contributed by atoms with Gasteiger partial charge in [-0.05, 0) is 60.5 Å². The van der Waals surface area contributed by atoms with Crippen molar-refractivity contribution in [3.63, 3.8) is 0 Å². The number of morpholine rings is 1. The van der Waals surface area contributed by atoms with Gasteiger partial charge in [0.2, 0.25) is 0 Å². The highest BCUT2D eigenvalue weighted by Gasteiger charge is 2.24. The molecule has 4 heterocycles. The molecule has 13 heteroatoms. The second-order valence-electron chi connectivity index (χ2n) is 11.2. The lowest BCUT2D eigenvalue weighted by molar-refractivity contribution is -0.115. The van der Waals surface area contributed by atoms with Crippen LogP contribution in [0.4, 0.5) is 5.69 Å². The van der Waals surface area contributed by atoms with E-state index < -0.39 is 6.10 Å². The van der Waals surface area contributed by atoms with Gasteiger partial charge in [0.1, 0.15) is 24.0 Å². The van der Waals surface area contributed by atoms with Crippen LogP contribution in [0.3, 0.4) is 0 Å². The van der Waals surface area contributed by atoms with E-state index in [9.17, 15) is 14.7 Å². The van der Waals surface area contributed by atoms with Crippen molar-refractivity contribution < 1.29 is 19.4 Å². The Labute approximate surface area is 259 Å². The normalized spacial score (nSPS) is 20.9. The largest absolute Gasteiger partial charge is 0.489 e. The Bertz CT molecular complexity index is 1540. The van der Waals surface area contributed by atoms with Gasteiger partial charge < -0.3 is 40.1 Å². The van der Waals surface area contributed by atoms with Crippen LogP contribution in [0, 0.1) is 0 Å². The number of anilines is 1. The highest BCUT2D eigenvalue weighted by molar-refractivity contribution is 8.18. The summed E-state index contributed by atoms with van der Waals surface area (Å²) in [7, 11) is 0. The van der Waals surface area contributed by atoms with E-state index in [-0.39, 0.29) is 18.2 Å². The molecule has 3 saturated heterocycles. The number of para-hydroxylation sites is 1. The maximum Gasteiger partial charge on any atom is 0.323 e. The molecule has 0 aliphatic carbocycles. The number of aromatic amines is 2. The predicted molar refractivity (Wildman–Crippen MR) is 173 cm³/mol. The first-order valence-corrected chi connectivity index (χ1v) is 16.0. The molecular weight excluding hydrogens is 582 g/mol. The van der Waals surface area contributed by atoms with E-state index in [1.54, 1.807) is 18.2 Å². The van der Waals surface area contributed by atoms with E-state index in [0.717, 1.165) is 70.0 Å². The highest BCUT2D eigenvalue weighted by atomic mass is 32.2. The zero-order chi connectivity index (χ0) is 30.3. The summed E-state index contributed by atoms with van der Waals surface area (Å²) in [5, 5.41) is 17.5. The van der Waals surface area contributed by atoms with E-state index in [1.807, 2.05) is 18.2 Å². The van der Waals surface area contributed by atoms with E-state index in [2.05, 4.69) is 47.5 Å². The lowest BCUT2D eigenvalue weighted by Crippen LogP contribution is -2.45. The number of nitrogens with one attached hydrogen (secondary N) is 4. The van der Waals surface area contributed by atoms with Crippen LogP contribution in [-0.4, -0.2) is 109 Å². The quantitative estimate of drug-likeness (QED) is 0.202. The first kappa shape index (κ1) is 30.4. The third-order valence-corrected chi connectivity index (χ3v) is 9.01. The number of fused-ring (bicyclic) bond motifs is 1. The SMILES string of the molecule is O=C1NC(=NCCN2CCOCC2)S/C1=C\c1ccc(N2CCC(NCC(O)COc3cccc4[nH]c(=O)[nH]c34)CC2)cc1. The summed E-state index contributed by atoms with van der Waals surface area (Å²) in [6, 6.07) is 14.0. The second kappa shape index (κ2) is 14.4. The molecule has 3 aliphatic heterocycles. The topological polar surface area (TPSA) is 147 Å². The van der Waals surface area contributed by atoms with Gasteiger partial charge in [-0.25, -0.2) is 4.79 Å². The second-order valence-corrected chi connectivity index (χ2v) is 12.2. The van der Waals surface area contributed by atoms with Crippen molar-refractivity contribution in [1.29, 1.82) is 0 Å². The number of carbonyl (C=O) groups is 1. The fourth-order valence-electron chi connectivity index (χ4n) is 5.59. The molecule has 12 nitrogen and oxygen atoms in total. The average molecular weight is 622 g/mol. The van der Waals surface area contributed by atoms with Crippen molar-refractivity contribution in [3.05, 3.63) is 63.4 Å². The molecule has 0 spiro atoms. The van der Waals surface area contributed by atoms with Crippen molar-refractivity contribution in [2.45, 2.75) is 25.0 Å². The van der Waals surface area contributed by atoms with E-state index in [0.29, 0.717) is 46.0 Å². The number of imidazole rings is 1. The van der Waals surface area contributed by atoms with Crippen LogP contribution in [0.25, 0.3) is 17.1 Å². The summed E-state index contributed by atoms with van der Waals surface area (Å²) in [4.78, 5) is 39.4. The number of H-pyrrole nitrogens is 2. The molecule has 0 bridgehead atoms. The van der Waals surface area contributed by atoms with Crippen LogP contribution in [-0.2, 0) is 9.53 Å². The molecule has 3 aliphatic rings. The molecular formula is C31H39N7O5S. The molecule has 234 valence electrons. The van der Waals surface area contributed by atoms with Crippen LogP contribution in [0.5, 0.6) is 5.75 Å². The lowest BCUT2D eigenvalue weighted by Gasteiger charge is -2.34. The van der Waals surface area contributed by atoms with Crippen molar-refractivity contribution >= 4 is 45.6 Å². The minimum Gasteiger partial charge on any atom is -0.489 e. The van der Waals surface area contributed by atoms with Crippen molar-refractivity contribution in [2.75, 3.05) is 70.5 Å². The number of benzene rings is 2. The molecule has 44 heavy (non-hydrogen) atoms. The number of hydrogen-bond acceptors (Lipinski definition) is 10. The number of amides is 1. The first-order chi connectivity index (χ1) is 21.5. The number of aliphatic hydroxyl groups excluding tert-OH is 1. The van der Waals surface area contributed by atoms with Gasteiger partial charge in [-0.3, -0.25) is 14.7 Å². The summed E-state index contributed by atoms with van der Waals surface area (Å²) < 4.78 is 11.2. The Morgan fingerprint density at radius 3 is 2.68 bits per heavy atom. The maximum atomic E-state index is 12.5. The van der Waals surface area contributed by atoms with Crippen LogP contribution in [0.1, 0.15) is 18.4 Å². The first-order valence-electron chi connectivity index (χ1n) is 15.2. The number of nitrogens with zero attached hydrogens (tertiary/aromatic N) is 3. The molecule has 2 aromatic carbocycles. The number of aliphatic imine (C=N–C) groups is 1. The molecule has 1 unspecified atom stereocenters. The number of carbonyl (C=O) groups excluding carboxylic acids is 1. The number of amidine groups is 1. The number of piperidine rings is 1. The van der Waals surface area contributed by atoms with E-state index in [4.69, 9.17) is 9.47 Å². The summed E-state index contributed by atoms with van der Waals surface area (Å²) >= 11 is 1.39. The number of hydrogen-bond donors (Lipinski definition) is 5. The maximum absolute atomic E-state index is 12.5. The minimum absolute atomic E-state index is 0.107. The molecule has 0 saturated carbocycles. The predicted octanol–water partition coefficient (Wildman–Crippen LogP) is 1.75. The minimum atomic E-state index is -0.673. The van der Waals surface area contributed by atoms with Gasteiger partial charge in [0.15, 0.2) is 5.17 Å². The van der Waals surface area contributed by atoms with Gasteiger partial charge in [-0.15, -0.1) is 0 Å². The van der Waals surface area contributed by atoms with Gasteiger partial charge in [0.25, 0.3) is 5.91 Å². The average Bonchev–Trinajstić information content (AvgIpc) is 3.60. The van der Waals surface area contributed by atoms with Gasteiger partial charge in [0, 0.05) is 51.0 Å². The van der Waals surface area contributed by atoms with Crippen LogP contribution < -0.4 is 26.0 Å². The third-order valence-electron chi connectivity index (χ3n) is 8.06. The van der Waals surface area contributed by atoms with Crippen molar-refractivity contribution in [2.24, 2.45) is 4.99 Å². The van der Waals surface area contributed by atoms with Crippen molar-refractivity contribution in [3.8, 4) is 5.75 Å². The summed E-state index contributed by atoms with van der Waals surface area (Å²) in [6.07, 6.45) is 3.17. The Morgan fingerprint density at radius 2 is 1.89 bits per heavy atom. The monoisotopic (exact) mass is 621 g/mol. The van der Waals surface area contributed by atoms with Gasteiger partial charge in [-0.1, -0.05) is 18.2 Å². The molecule has 0 radical (unpaired) electrons. The standard InChI is InChI=1S/C31H39N7O5S/c39-24(20-43-26-3-1-2-25-28(26)35-30(41)34-25)19-33-22-8-11-38(12-9-22)23-6-4-21(5-7-23)18-27-29(40)36-31(44-27)32-10-13-37-14-16-42-17-15-37/h1-7,18,22,24,33,39H,8-17,19-20H2,(H,32,36,40)(H2,34,35,41)/b27-18-. The number of aromatic nitrogens is 2. The van der Waals surface area contributed by atoms with Gasteiger partial charge >= 0.3 is 5.69 Å². The molecule has 3 aromatic rings. The Morgan fingerprint density at radius 1 is 1.09 bits per heavy atom. The fraction of sp³-hybridized carbons (Fsp3) is 0.452. The zero-order valence-electron chi connectivity index (χ0n) is 24.6. The van der Waals surface area contributed by atoms with Crippen LogP contribution in [0.15, 0.2) is 57.2 Å². The molecule has 5 N–H and O–H groups in total. The number of ether oxygens (including phenoxy) is 2. The molecule has 1 amide bonds. The van der Waals surface area contributed by atoms with Crippen LogP contribution in [0.2, 0.25) is 0 Å². The Hall–Kier alpha value is -3.62. The summed E-state index contributed by atoms with van der Waals surface area (Å²) in [6.45, 7) is 7.30. The summed E-state index contributed by atoms with van der Waals surface area (Å²) in [5.74, 6) is 0.430. The fourth-order valence-corrected chi connectivity index (χ4v) is 6.44. The van der Waals surface area contributed by atoms with Gasteiger partial charge in [-0.2, -0.15) is 0 Å². The smallest absolute Gasteiger partial charge is 0.323 e. The number of thioether (sulfide) groups is 1. The zero-order valence-corrected chi connectivity index (χ0v) is 25.4. The summed E-state index contributed by atoms with van der Waals surface area (Å²) in [5.41, 5.74) is 3.13. The molecule has 6 rings (SSSR count). The van der Waals surface area contributed by atoms with Gasteiger partial charge in [0.05, 0.1) is 30.2 Å².